The van der Waals surface area contributed by atoms with Gasteiger partial charge in [0.2, 0.25) is 10.0 Å². The first-order chi connectivity index (χ1) is 11.0. The van der Waals surface area contributed by atoms with E-state index < -0.39 is 16.1 Å². The third-order valence-electron chi connectivity index (χ3n) is 3.80. The first kappa shape index (κ1) is 16.1. The third kappa shape index (κ3) is 3.44. The van der Waals surface area contributed by atoms with E-state index in [0.717, 1.165) is 10.4 Å². The molecule has 0 amide bonds. The van der Waals surface area contributed by atoms with Crippen molar-refractivity contribution in [2.24, 2.45) is 0 Å². The minimum Gasteiger partial charge on any atom is -0.294 e. The minimum absolute atomic E-state index is 0.00926. The van der Waals surface area contributed by atoms with Crippen LogP contribution >= 0.6 is 11.3 Å². The van der Waals surface area contributed by atoms with E-state index in [9.17, 15) is 13.2 Å². The highest BCUT2D eigenvalue weighted by Crippen LogP contribution is 2.32. The molecule has 0 radical (unpaired) electrons. The lowest BCUT2D eigenvalue weighted by Gasteiger charge is -2.18. The van der Waals surface area contributed by atoms with Crippen LogP contribution in [0.1, 0.15) is 29.3 Å². The zero-order chi connectivity index (χ0) is 16.4. The number of Topliss-reactive ketones (excluding diaryl/α,β-unsaturated/α-hetero) is 1. The normalized spacial score (nSPS) is 16.4. The van der Waals surface area contributed by atoms with Crippen LogP contribution in [0.4, 0.5) is 0 Å². The number of hydrogen-bond acceptors (Lipinski definition) is 4. The highest BCUT2D eigenvalue weighted by atomic mass is 32.2. The van der Waals surface area contributed by atoms with E-state index in [1.807, 2.05) is 30.5 Å². The zero-order valence-electron chi connectivity index (χ0n) is 12.7. The predicted octanol–water partition coefficient (Wildman–Crippen LogP) is 3.37. The summed E-state index contributed by atoms with van der Waals surface area (Å²) in [6, 6.07) is 9.76. The number of hydrogen-bond donors (Lipinski definition) is 1. The number of rotatable bonds is 5. The Bertz CT molecular complexity index is 834. The van der Waals surface area contributed by atoms with Crippen molar-refractivity contribution in [2.45, 2.75) is 30.7 Å². The first-order valence-electron chi connectivity index (χ1n) is 7.33. The summed E-state index contributed by atoms with van der Waals surface area (Å²) in [6.45, 7) is 1.90. The molecular formula is C17H17NO3S2. The van der Waals surface area contributed by atoms with Crippen LogP contribution in [-0.4, -0.2) is 14.2 Å². The molecule has 3 rings (SSSR count). The summed E-state index contributed by atoms with van der Waals surface area (Å²) in [4.78, 5) is 13.1. The lowest BCUT2D eigenvalue weighted by atomic mass is 10.1. The molecule has 1 unspecified atom stereocenters. The van der Waals surface area contributed by atoms with Gasteiger partial charge in [-0.2, -0.15) is 4.72 Å². The van der Waals surface area contributed by atoms with Gasteiger partial charge in [-0.1, -0.05) is 29.8 Å². The third-order valence-corrected chi connectivity index (χ3v) is 6.18. The van der Waals surface area contributed by atoms with Crippen LogP contribution in [0, 0.1) is 6.92 Å². The van der Waals surface area contributed by atoms with Gasteiger partial charge in [-0.25, -0.2) is 8.42 Å². The molecule has 6 heteroatoms. The van der Waals surface area contributed by atoms with Gasteiger partial charge in [0.05, 0.1) is 10.9 Å². The fourth-order valence-corrected chi connectivity index (χ4v) is 4.63. The number of sulfonamides is 1. The summed E-state index contributed by atoms with van der Waals surface area (Å²) in [7, 11) is -3.70. The van der Waals surface area contributed by atoms with Crippen molar-refractivity contribution in [3.8, 4) is 0 Å². The number of aryl methyl sites for hydroxylation is 1. The maximum absolute atomic E-state index is 12.7. The topological polar surface area (TPSA) is 63.2 Å². The Labute approximate surface area is 139 Å². The Hall–Kier alpha value is -1.76. The molecule has 1 N–H and O–H groups in total. The van der Waals surface area contributed by atoms with Gasteiger partial charge in [0.15, 0.2) is 5.78 Å². The van der Waals surface area contributed by atoms with Gasteiger partial charge < -0.3 is 0 Å². The first-order valence-corrected chi connectivity index (χ1v) is 9.69. The molecule has 2 aromatic rings. The van der Waals surface area contributed by atoms with Gasteiger partial charge in [-0.15, -0.1) is 11.3 Å². The average Bonchev–Trinajstić information content (AvgIpc) is 3.17. The molecule has 1 heterocycles. The number of nitrogens with one attached hydrogen (secondary N) is 1. The Balaban J connectivity index is 1.95. The van der Waals surface area contributed by atoms with Gasteiger partial charge >= 0.3 is 0 Å². The molecular weight excluding hydrogens is 330 g/mol. The molecule has 1 aliphatic rings. The number of ketones is 1. The van der Waals surface area contributed by atoms with Gasteiger partial charge in [0.1, 0.15) is 0 Å². The number of benzene rings is 1. The van der Waals surface area contributed by atoms with Gasteiger partial charge in [0.25, 0.3) is 0 Å². The second kappa shape index (κ2) is 6.39. The second-order valence-corrected chi connectivity index (χ2v) is 8.20. The predicted molar refractivity (Wildman–Crippen MR) is 90.9 cm³/mol. The van der Waals surface area contributed by atoms with Crippen LogP contribution in [0.15, 0.2) is 58.3 Å². The average molecular weight is 347 g/mol. The zero-order valence-corrected chi connectivity index (χ0v) is 14.3. The van der Waals surface area contributed by atoms with Gasteiger partial charge in [0, 0.05) is 16.9 Å². The molecule has 0 bridgehead atoms. The SMILES string of the molecule is Cc1ccc(S(=O)(=O)NC(C2=CCCC2=O)c2cccs2)cc1. The number of carbonyl (C=O) groups excluding carboxylic acids is 1. The highest BCUT2D eigenvalue weighted by molar-refractivity contribution is 7.89. The number of carbonyl (C=O) groups is 1. The molecule has 0 saturated heterocycles. The Morgan fingerprint density at radius 1 is 1.17 bits per heavy atom. The van der Waals surface area contributed by atoms with E-state index in [-0.39, 0.29) is 10.7 Å². The van der Waals surface area contributed by atoms with Gasteiger partial charge in [-0.05, 0) is 36.9 Å². The van der Waals surface area contributed by atoms with Crippen LogP contribution in [0.25, 0.3) is 0 Å². The molecule has 1 aromatic carbocycles. The monoisotopic (exact) mass is 347 g/mol. The standard InChI is InChI=1S/C17H17NO3S2/c1-12-7-9-13(10-8-12)23(20,21)18-17(16-6-3-11-22-16)14-4-2-5-15(14)19/h3-4,6-11,17-18H,2,5H2,1H3. The van der Waals surface area contributed by atoms with E-state index in [2.05, 4.69) is 4.72 Å². The van der Waals surface area contributed by atoms with Crippen molar-refractivity contribution in [2.75, 3.05) is 0 Å². The van der Waals surface area contributed by atoms with Crippen LogP contribution in [0.2, 0.25) is 0 Å². The molecule has 120 valence electrons. The fourth-order valence-electron chi connectivity index (χ4n) is 2.57. The Morgan fingerprint density at radius 2 is 1.91 bits per heavy atom. The van der Waals surface area contributed by atoms with Crippen LogP contribution in [0.3, 0.4) is 0 Å². The number of allylic oxidation sites excluding steroid dienone is 1. The maximum atomic E-state index is 12.7. The summed E-state index contributed by atoms with van der Waals surface area (Å²) in [5.41, 5.74) is 1.54. The molecule has 1 aromatic heterocycles. The summed E-state index contributed by atoms with van der Waals surface area (Å²) >= 11 is 1.44. The second-order valence-electron chi connectivity index (χ2n) is 5.50. The van der Waals surface area contributed by atoms with Crippen molar-refractivity contribution in [1.29, 1.82) is 0 Å². The quantitative estimate of drug-likeness (QED) is 0.902. The van der Waals surface area contributed by atoms with Crippen LogP contribution in [0.5, 0.6) is 0 Å². The summed E-state index contributed by atoms with van der Waals surface area (Å²) < 4.78 is 28.0. The largest absolute Gasteiger partial charge is 0.294 e. The summed E-state index contributed by atoms with van der Waals surface area (Å²) in [5, 5.41) is 1.88. The van der Waals surface area contributed by atoms with E-state index in [1.54, 1.807) is 24.3 Å². The van der Waals surface area contributed by atoms with Crippen LogP contribution in [-0.2, 0) is 14.8 Å². The fraction of sp³-hybridized carbons (Fsp3) is 0.235. The molecule has 1 aliphatic carbocycles. The van der Waals surface area contributed by atoms with E-state index >= 15 is 0 Å². The molecule has 4 nitrogen and oxygen atoms in total. The molecule has 0 fully saturated rings. The van der Waals surface area contributed by atoms with Crippen LogP contribution < -0.4 is 4.72 Å². The maximum Gasteiger partial charge on any atom is 0.241 e. The molecule has 0 spiro atoms. The summed E-state index contributed by atoms with van der Waals surface area (Å²) in [5.74, 6) is 0.00926. The van der Waals surface area contributed by atoms with Crippen molar-refractivity contribution in [1.82, 2.24) is 4.72 Å². The molecule has 0 aliphatic heterocycles. The Morgan fingerprint density at radius 3 is 2.48 bits per heavy atom. The van der Waals surface area contributed by atoms with Crippen molar-refractivity contribution < 1.29 is 13.2 Å². The molecule has 0 saturated carbocycles. The molecule has 1 atom stereocenters. The highest BCUT2D eigenvalue weighted by Gasteiger charge is 2.30. The van der Waals surface area contributed by atoms with Crippen molar-refractivity contribution in [3.05, 3.63) is 63.9 Å². The van der Waals surface area contributed by atoms with E-state index in [0.29, 0.717) is 18.4 Å². The van der Waals surface area contributed by atoms with Crippen molar-refractivity contribution in [3.63, 3.8) is 0 Å². The van der Waals surface area contributed by atoms with Gasteiger partial charge in [-0.3, -0.25) is 4.79 Å². The van der Waals surface area contributed by atoms with E-state index in [1.165, 1.54) is 11.3 Å². The van der Waals surface area contributed by atoms with Crippen molar-refractivity contribution >= 4 is 27.1 Å². The lowest BCUT2D eigenvalue weighted by molar-refractivity contribution is -0.115. The lowest BCUT2D eigenvalue weighted by Crippen LogP contribution is -2.30. The van der Waals surface area contributed by atoms with E-state index in [4.69, 9.17) is 0 Å². The smallest absolute Gasteiger partial charge is 0.241 e. The number of thiophene rings is 1. The summed E-state index contributed by atoms with van der Waals surface area (Å²) in [6.07, 6.45) is 2.95. The molecule has 23 heavy (non-hydrogen) atoms. The minimum atomic E-state index is -3.70. The Kier molecular flexibility index (Phi) is 4.48.